The second kappa shape index (κ2) is 8.15. The van der Waals surface area contributed by atoms with Gasteiger partial charge in [-0.3, -0.25) is 10.1 Å². The molecule has 0 saturated carbocycles. The summed E-state index contributed by atoms with van der Waals surface area (Å²) < 4.78 is 17.9. The Morgan fingerprint density at radius 2 is 2.23 bits per heavy atom. The third kappa shape index (κ3) is 3.60. The van der Waals surface area contributed by atoms with Crippen LogP contribution < -0.4 is 11.2 Å². The monoisotopic (exact) mass is 383 g/mol. The van der Waals surface area contributed by atoms with Gasteiger partial charge in [-0.2, -0.15) is 5.26 Å². The van der Waals surface area contributed by atoms with E-state index in [0.29, 0.717) is 11.2 Å². The number of aliphatic hydroxyl groups is 2. The number of fused-ring (bicyclic) bond motifs is 1. The van der Waals surface area contributed by atoms with Gasteiger partial charge in [0.1, 0.15) is 30.2 Å². The van der Waals surface area contributed by atoms with Gasteiger partial charge in [-0.05, 0) is 0 Å². The summed E-state index contributed by atoms with van der Waals surface area (Å²) in [4.78, 5) is 12.1. The molecule has 1 saturated heterocycles. The second-order valence-electron chi connectivity index (χ2n) is 5.42. The lowest BCUT2D eigenvalue weighted by atomic mass is 10.1. The van der Waals surface area contributed by atoms with Crippen LogP contribution in [-0.2, 0) is 13.8 Å². The molecule has 2 aromatic rings. The predicted octanol–water partition coefficient (Wildman–Crippen LogP) is -0.840. The molecule has 1 fully saturated rings. The van der Waals surface area contributed by atoms with Crippen molar-refractivity contribution >= 4 is 25.5 Å². The first-order valence-corrected chi connectivity index (χ1v) is 8.90. The highest BCUT2D eigenvalue weighted by Gasteiger charge is 2.47. The van der Waals surface area contributed by atoms with Crippen molar-refractivity contribution in [3.05, 3.63) is 12.7 Å². The minimum absolute atomic E-state index is 0.109. The Balaban J connectivity index is 1.78. The van der Waals surface area contributed by atoms with E-state index in [0.717, 1.165) is 0 Å². The van der Waals surface area contributed by atoms with Gasteiger partial charge >= 0.3 is 0 Å². The van der Waals surface area contributed by atoms with Crippen molar-refractivity contribution in [1.82, 2.24) is 19.5 Å². The van der Waals surface area contributed by atoms with Gasteiger partial charge in [0.2, 0.25) is 0 Å². The predicted molar refractivity (Wildman–Crippen MR) is 88.9 cm³/mol. The topological polar surface area (TPSA) is 188 Å². The zero-order valence-corrected chi connectivity index (χ0v) is 14.4. The number of aliphatic hydroxyl groups excluding tert-OH is 2. The Kier molecular flexibility index (Phi) is 5.90. The van der Waals surface area contributed by atoms with Crippen LogP contribution in [0.5, 0.6) is 0 Å². The lowest BCUT2D eigenvalue weighted by molar-refractivity contribution is -0.0504. The van der Waals surface area contributed by atoms with Gasteiger partial charge in [0.05, 0.1) is 32.0 Å². The van der Waals surface area contributed by atoms with E-state index in [1.54, 1.807) is 0 Å². The van der Waals surface area contributed by atoms with Crippen LogP contribution >= 0.6 is 8.53 Å². The van der Waals surface area contributed by atoms with Crippen molar-refractivity contribution in [3.8, 4) is 6.07 Å². The van der Waals surface area contributed by atoms with Crippen molar-refractivity contribution in [2.75, 3.05) is 18.9 Å². The SMILES string of the molecule is N#CCCOP(N)O[C@H]1[C@@H](O)[C@H](n2cnc3c(N)ncnc32)O[C@@H]1CO. The van der Waals surface area contributed by atoms with Gasteiger partial charge in [-0.25, -0.2) is 15.0 Å². The molecule has 26 heavy (non-hydrogen) atoms. The van der Waals surface area contributed by atoms with Crippen molar-refractivity contribution in [2.45, 2.75) is 31.0 Å². The van der Waals surface area contributed by atoms with E-state index in [1.165, 1.54) is 17.2 Å². The molecule has 12 nitrogen and oxygen atoms in total. The molecule has 5 atom stereocenters. The third-order valence-electron chi connectivity index (χ3n) is 3.81. The molecular weight excluding hydrogens is 365 g/mol. The number of anilines is 1. The van der Waals surface area contributed by atoms with Gasteiger partial charge in [-0.1, -0.05) is 0 Å². The second-order valence-corrected chi connectivity index (χ2v) is 6.46. The molecule has 0 spiro atoms. The molecule has 6 N–H and O–H groups in total. The van der Waals surface area contributed by atoms with E-state index in [2.05, 4.69) is 15.0 Å². The Morgan fingerprint density at radius 1 is 1.42 bits per heavy atom. The number of rotatable bonds is 7. The fraction of sp³-hybridized carbons (Fsp3) is 0.538. The van der Waals surface area contributed by atoms with Crippen LogP contribution in [0.4, 0.5) is 5.82 Å². The zero-order chi connectivity index (χ0) is 18.7. The van der Waals surface area contributed by atoms with Crippen LogP contribution in [0, 0.1) is 11.3 Å². The van der Waals surface area contributed by atoms with E-state index in [1.807, 2.05) is 6.07 Å². The summed E-state index contributed by atoms with van der Waals surface area (Å²) in [6.45, 7) is -0.290. The summed E-state index contributed by atoms with van der Waals surface area (Å²) >= 11 is 0. The summed E-state index contributed by atoms with van der Waals surface area (Å²) in [6, 6.07) is 1.92. The Bertz CT molecular complexity index is 799. The number of nitrogens with two attached hydrogens (primary N) is 2. The molecule has 0 radical (unpaired) electrons. The smallest absolute Gasteiger partial charge is 0.253 e. The first kappa shape index (κ1) is 18.8. The maximum atomic E-state index is 10.6. The number of imidazole rings is 1. The molecular formula is C13H18N7O5P. The van der Waals surface area contributed by atoms with E-state index in [9.17, 15) is 10.2 Å². The highest BCUT2D eigenvalue weighted by atomic mass is 31.2. The van der Waals surface area contributed by atoms with Crippen molar-refractivity contribution in [2.24, 2.45) is 5.50 Å². The maximum absolute atomic E-state index is 10.6. The summed E-state index contributed by atoms with van der Waals surface area (Å²) in [7, 11) is -1.85. The summed E-state index contributed by atoms with van der Waals surface area (Å²) in [5.41, 5.74) is 12.3. The van der Waals surface area contributed by atoms with Crippen LogP contribution in [0.25, 0.3) is 11.2 Å². The fourth-order valence-corrected chi connectivity index (χ4v) is 3.45. The Hall–Kier alpha value is -1.97. The van der Waals surface area contributed by atoms with Gasteiger partial charge in [0.25, 0.3) is 8.53 Å². The highest BCUT2D eigenvalue weighted by Crippen LogP contribution is 2.40. The number of ether oxygens (including phenoxy) is 1. The quantitative estimate of drug-likeness (QED) is 0.345. The first-order chi connectivity index (χ1) is 12.6. The maximum Gasteiger partial charge on any atom is 0.253 e. The average Bonchev–Trinajstić information content (AvgIpc) is 3.18. The van der Waals surface area contributed by atoms with Crippen LogP contribution in [0.2, 0.25) is 0 Å². The molecule has 0 amide bonds. The van der Waals surface area contributed by atoms with Gasteiger partial charge in [0, 0.05) is 0 Å². The third-order valence-corrected chi connectivity index (χ3v) is 4.70. The molecule has 13 heteroatoms. The summed E-state index contributed by atoms with van der Waals surface area (Å²) in [6.07, 6.45) is -1.00. The average molecular weight is 383 g/mol. The van der Waals surface area contributed by atoms with Crippen LogP contribution in [0.3, 0.4) is 0 Å². The molecule has 1 aliphatic rings. The molecule has 140 valence electrons. The van der Waals surface area contributed by atoms with Crippen molar-refractivity contribution in [1.29, 1.82) is 5.26 Å². The lowest BCUT2D eigenvalue weighted by Gasteiger charge is -2.22. The summed E-state index contributed by atoms with van der Waals surface area (Å²) in [5.74, 6) is 0.198. The Labute approximate surface area is 149 Å². The Morgan fingerprint density at radius 3 is 2.96 bits per heavy atom. The van der Waals surface area contributed by atoms with Crippen LogP contribution in [-0.4, -0.2) is 61.3 Å². The van der Waals surface area contributed by atoms with Gasteiger partial charge in [0.15, 0.2) is 17.7 Å². The van der Waals surface area contributed by atoms with E-state index >= 15 is 0 Å². The van der Waals surface area contributed by atoms with Gasteiger partial charge in [-0.15, -0.1) is 0 Å². The van der Waals surface area contributed by atoms with Crippen molar-refractivity contribution in [3.63, 3.8) is 0 Å². The molecule has 3 rings (SSSR count). The number of hydrogen-bond acceptors (Lipinski definition) is 11. The van der Waals surface area contributed by atoms with Crippen molar-refractivity contribution < 1.29 is 24.0 Å². The molecule has 1 unspecified atom stereocenters. The minimum Gasteiger partial charge on any atom is -0.394 e. The first-order valence-electron chi connectivity index (χ1n) is 7.65. The van der Waals surface area contributed by atoms with Crippen LogP contribution in [0.15, 0.2) is 12.7 Å². The molecule has 3 heterocycles. The number of nitriles is 1. The highest BCUT2D eigenvalue weighted by molar-refractivity contribution is 7.44. The standard InChI is InChI=1S/C13H18N7O5P/c14-2-1-3-23-26(16)25-10-7(4-21)24-13(9(10)22)20-6-19-8-11(15)17-5-18-12(8)20/h5-7,9-10,13,21-22H,1,3-4,16H2,(H2,15,17,18)/t7-,9-,10-,13-,26?/m1/s1. The van der Waals surface area contributed by atoms with Crippen LogP contribution in [0.1, 0.15) is 12.6 Å². The number of nitrogens with zero attached hydrogens (tertiary/aromatic N) is 5. The molecule has 1 aliphatic heterocycles. The molecule has 0 bridgehead atoms. The normalized spacial score (nSPS) is 26.8. The van der Waals surface area contributed by atoms with E-state index in [-0.39, 0.29) is 18.8 Å². The largest absolute Gasteiger partial charge is 0.394 e. The minimum atomic E-state index is -1.85. The summed E-state index contributed by atoms with van der Waals surface area (Å²) in [5, 5.41) is 28.7. The van der Waals surface area contributed by atoms with Gasteiger partial charge < -0.3 is 29.7 Å². The number of aromatic nitrogens is 4. The van der Waals surface area contributed by atoms with E-state index < -0.39 is 39.7 Å². The van der Waals surface area contributed by atoms with E-state index in [4.69, 9.17) is 30.3 Å². The number of hydrogen-bond donors (Lipinski definition) is 4. The lowest BCUT2D eigenvalue weighted by Crippen LogP contribution is -2.35. The number of nitrogen functional groups attached to an aromatic ring is 1. The fourth-order valence-electron chi connectivity index (χ4n) is 2.61. The molecule has 0 aliphatic carbocycles. The zero-order valence-electron chi connectivity index (χ0n) is 13.5. The molecule has 2 aromatic heterocycles. The molecule has 0 aromatic carbocycles.